The molecule has 0 atom stereocenters. The molecular formula is C13H21N3OS. The predicted molar refractivity (Wildman–Crippen MR) is 73.4 cm³/mol. The average Bonchev–Trinajstić information content (AvgIpc) is 2.89. The largest absolute Gasteiger partial charge is 0.342 e. The van der Waals surface area contributed by atoms with Crippen LogP contribution in [0.25, 0.3) is 0 Å². The highest BCUT2D eigenvalue weighted by Crippen LogP contribution is 2.14. The van der Waals surface area contributed by atoms with E-state index in [0.29, 0.717) is 6.04 Å². The monoisotopic (exact) mass is 267 g/mol. The molecule has 4 nitrogen and oxygen atoms in total. The lowest BCUT2D eigenvalue weighted by Gasteiger charge is -2.33. The van der Waals surface area contributed by atoms with Crippen molar-refractivity contribution in [3.63, 3.8) is 0 Å². The Balaban J connectivity index is 1.72. The third kappa shape index (κ3) is 3.53. The summed E-state index contributed by atoms with van der Waals surface area (Å²) in [4.78, 5) is 19.2. The van der Waals surface area contributed by atoms with Gasteiger partial charge in [-0.1, -0.05) is 13.8 Å². The van der Waals surface area contributed by atoms with E-state index in [0.717, 1.165) is 32.5 Å². The maximum atomic E-state index is 11.8. The first-order valence-electron chi connectivity index (χ1n) is 6.56. The molecule has 0 aromatic carbocycles. The van der Waals surface area contributed by atoms with E-state index in [1.165, 1.54) is 4.88 Å². The number of nitrogens with zero attached hydrogens (tertiary/aromatic N) is 2. The number of hydrogen-bond acceptors (Lipinski definition) is 4. The van der Waals surface area contributed by atoms with Crippen LogP contribution in [0, 0.1) is 5.92 Å². The van der Waals surface area contributed by atoms with Crippen molar-refractivity contribution in [2.45, 2.75) is 39.3 Å². The number of aromatic nitrogens is 1. The van der Waals surface area contributed by atoms with Gasteiger partial charge in [-0.05, 0) is 12.8 Å². The molecule has 1 aliphatic rings. The number of carbonyl (C=O) groups excluding carboxylic acids is 1. The molecule has 1 saturated heterocycles. The molecule has 2 rings (SSSR count). The molecule has 1 aliphatic heterocycles. The number of nitrogens with one attached hydrogen (secondary N) is 1. The Hall–Kier alpha value is -0.940. The van der Waals surface area contributed by atoms with Crippen molar-refractivity contribution in [1.82, 2.24) is 15.2 Å². The quantitative estimate of drug-likeness (QED) is 0.906. The predicted octanol–water partition coefficient (Wildman–Crippen LogP) is 1.88. The van der Waals surface area contributed by atoms with E-state index in [2.05, 4.69) is 10.3 Å². The van der Waals surface area contributed by atoms with Gasteiger partial charge in [-0.2, -0.15) is 0 Å². The van der Waals surface area contributed by atoms with Crippen molar-refractivity contribution in [3.8, 4) is 0 Å². The van der Waals surface area contributed by atoms with Gasteiger partial charge in [-0.25, -0.2) is 0 Å². The molecule has 5 heteroatoms. The Labute approximate surface area is 112 Å². The summed E-state index contributed by atoms with van der Waals surface area (Å²) in [5.74, 6) is 0.405. The number of piperidine rings is 1. The molecule has 0 radical (unpaired) electrons. The van der Waals surface area contributed by atoms with E-state index in [1.807, 2.05) is 30.5 Å². The van der Waals surface area contributed by atoms with E-state index in [1.54, 1.807) is 11.3 Å². The van der Waals surface area contributed by atoms with E-state index in [9.17, 15) is 4.79 Å². The second kappa shape index (κ2) is 6.29. The van der Waals surface area contributed by atoms with Gasteiger partial charge in [0.05, 0.1) is 5.51 Å². The summed E-state index contributed by atoms with van der Waals surface area (Å²) in [5.41, 5.74) is 1.86. The molecule has 18 heavy (non-hydrogen) atoms. The van der Waals surface area contributed by atoms with E-state index in [4.69, 9.17) is 0 Å². The molecular weight excluding hydrogens is 246 g/mol. The van der Waals surface area contributed by atoms with E-state index in [-0.39, 0.29) is 11.8 Å². The highest BCUT2D eigenvalue weighted by atomic mass is 32.1. The normalized spacial score (nSPS) is 17.4. The first-order chi connectivity index (χ1) is 8.66. The van der Waals surface area contributed by atoms with Crippen molar-refractivity contribution in [2.75, 3.05) is 13.1 Å². The minimum atomic E-state index is 0.117. The zero-order chi connectivity index (χ0) is 13.0. The summed E-state index contributed by atoms with van der Waals surface area (Å²) in [6.45, 7) is 6.61. The number of carbonyl (C=O) groups is 1. The van der Waals surface area contributed by atoms with Gasteiger partial charge in [0.15, 0.2) is 0 Å². The summed E-state index contributed by atoms with van der Waals surface area (Å²) in [5, 5.41) is 3.55. The molecule has 0 bridgehead atoms. The number of likely N-dealkylation sites (tertiary alicyclic amines) is 1. The topological polar surface area (TPSA) is 45.2 Å². The summed E-state index contributed by atoms with van der Waals surface area (Å²) in [7, 11) is 0. The smallest absolute Gasteiger partial charge is 0.225 e. The van der Waals surface area contributed by atoms with Crippen LogP contribution in [-0.2, 0) is 11.3 Å². The van der Waals surface area contributed by atoms with E-state index >= 15 is 0 Å². The second-order valence-electron chi connectivity index (χ2n) is 5.10. The maximum Gasteiger partial charge on any atom is 0.225 e. The lowest BCUT2D eigenvalue weighted by atomic mass is 10.0. The number of rotatable bonds is 4. The Bertz CT molecular complexity index is 370. The minimum Gasteiger partial charge on any atom is -0.342 e. The number of amides is 1. The molecule has 100 valence electrons. The van der Waals surface area contributed by atoms with Gasteiger partial charge < -0.3 is 10.2 Å². The van der Waals surface area contributed by atoms with Gasteiger partial charge in [0.2, 0.25) is 5.91 Å². The molecule has 1 aromatic heterocycles. The number of hydrogen-bond donors (Lipinski definition) is 1. The molecule has 1 fully saturated rings. The van der Waals surface area contributed by atoms with Crippen LogP contribution in [0.2, 0.25) is 0 Å². The van der Waals surface area contributed by atoms with Crippen molar-refractivity contribution in [2.24, 2.45) is 5.92 Å². The maximum absolute atomic E-state index is 11.8. The van der Waals surface area contributed by atoms with Gasteiger partial charge in [-0.3, -0.25) is 9.78 Å². The van der Waals surface area contributed by atoms with Crippen LogP contribution in [0.4, 0.5) is 0 Å². The SMILES string of the molecule is CC(C)C(=O)N1CCC(NCc2cncs2)CC1. The van der Waals surface area contributed by atoms with Gasteiger partial charge in [0.25, 0.3) is 0 Å². The lowest BCUT2D eigenvalue weighted by Crippen LogP contribution is -2.45. The van der Waals surface area contributed by atoms with Crippen LogP contribution in [-0.4, -0.2) is 34.9 Å². The molecule has 0 saturated carbocycles. The molecule has 0 aliphatic carbocycles. The van der Waals surface area contributed by atoms with Gasteiger partial charge in [0.1, 0.15) is 0 Å². The zero-order valence-electron chi connectivity index (χ0n) is 11.1. The molecule has 0 spiro atoms. The molecule has 2 heterocycles. The highest BCUT2D eigenvalue weighted by Gasteiger charge is 2.23. The van der Waals surface area contributed by atoms with Crippen LogP contribution in [0.1, 0.15) is 31.6 Å². The summed E-state index contributed by atoms with van der Waals surface area (Å²) in [6.07, 6.45) is 4.02. The van der Waals surface area contributed by atoms with Crippen LogP contribution in [0.15, 0.2) is 11.7 Å². The fourth-order valence-electron chi connectivity index (χ4n) is 2.24. The Morgan fingerprint density at radius 1 is 1.56 bits per heavy atom. The van der Waals surface area contributed by atoms with E-state index < -0.39 is 0 Å². The van der Waals surface area contributed by atoms with Gasteiger partial charge in [-0.15, -0.1) is 11.3 Å². The highest BCUT2D eigenvalue weighted by molar-refractivity contribution is 7.09. The van der Waals surface area contributed by atoms with Crippen LogP contribution in [0.3, 0.4) is 0 Å². The summed E-state index contributed by atoms with van der Waals surface area (Å²) in [6, 6.07) is 0.531. The number of thiazole rings is 1. The van der Waals surface area contributed by atoms with Crippen molar-refractivity contribution in [1.29, 1.82) is 0 Å². The van der Waals surface area contributed by atoms with Gasteiger partial charge in [0, 0.05) is 42.7 Å². The molecule has 1 amide bonds. The van der Waals surface area contributed by atoms with Crippen LogP contribution >= 0.6 is 11.3 Å². The Morgan fingerprint density at radius 3 is 2.83 bits per heavy atom. The summed E-state index contributed by atoms with van der Waals surface area (Å²) >= 11 is 1.68. The third-order valence-corrected chi connectivity index (χ3v) is 4.13. The second-order valence-corrected chi connectivity index (χ2v) is 6.07. The van der Waals surface area contributed by atoms with Crippen molar-refractivity contribution < 1.29 is 4.79 Å². The Kier molecular flexibility index (Phi) is 4.72. The first-order valence-corrected chi connectivity index (χ1v) is 7.44. The van der Waals surface area contributed by atoms with Crippen molar-refractivity contribution >= 4 is 17.2 Å². The zero-order valence-corrected chi connectivity index (χ0v) is 11.9. The minimum absolute atomic E-state index is 0.117. The van der Waals surface area contributed by atoms with Crippen molar-refractivity contribution in [3.05, 3.63) is 16.6 Å². The van der Waals surface area contributed by atoms with Crippen LogP contribution < -0.4 is 5.32 Å². The standard InChI is InChI=1S/C13H21N3OS/c1-10(2)13(17)16-5-3-11(4-6-16)15-8-12-7-14-9-18-12/h7,9-11,15H,3-6,8H2,1-2H3. The third-order valence-electron chi connectivity index (χ3n) is 3.35. The Morgan fingerprint density at radius 2 is 2.28 bits per heavy atom. The van der Waals surface area contributed by atoms with Crippen LogP contribution in [0.5, 0.6) is 0 Å². The molecule has 0 unspecified atom stereocenters. The molecule has 1 aromatic rings. The molecule has 1 N–H and O–H groups in total. The fraction of sp³-hybridized carbons (Fsp3) is 0.692. The van der Waals surface area contributed by atoms with Gasteiger partial charge >= 0.3 is 0 Å². The lowest BCUT2D eigenvalue weighted by molar-refractivity contribution is -0.135. The first kappa shape index (κ1) is 13.5. The average molecular weight is 267 g/mol. The summed E-state index contributed by atoms with van der Waals surface area (Å²) < 4.78 is 0. The fourth-order valence-corrected chi connectivity index (χ4v) is 2.79.